The molecule has 2 atom stereocenters. The molecular weight excluding hydrogens is 356 g/mol. The summed E-state index contributed by atoms with van der Waals surface area (Å²) >= 11 is 0. The second kappa shape index (κ2) is 8.54. The van der Waals surface area contributed by atoms with E-state index in [1.54, 1.807) is 19.9 Å². The molecule has 27 heavy (non-hydrogen) atoms. The van der Waals surface area contributed by atoms with Crippen LogP contribution >= 0.6 is 0 Å². The van der Waals surface area contributed by atoms with Crippen LogP contribution in [0.1, 0.15) is 25.3 Å². The summed E-state index contributed by atoms with van der Waals surface area (Å²) in [4.78, 5) is 40.3. The summed E-state index contributed by atoms with van der Waals surface area (Å²) in [6, 6.07) is 5.88. The smallest absolute Gasteiger partial charge is 0.336 e. The molecule has 1 N–H and O–H groups in total. The lowest BCUT2D eigenvalue weighted by Gasteiger charge is -2.30. The predicted molar refractivity (Wildman–Crippen MR) is 95.2 cm³/mol. The van der Waals surface area contributed by atoms with Gasteiger partial charge in [0.1, 0.15) is 12.5 Å². The zero-order valence-corrected chi connectivity index (χ0v) is 15.2. The lowest BCUT2D eigenvalue weighted by Crippen LogP contribution is -2.36. The molecule has 1 aromatic rings. The van der Waals surface area contributed by atoms with Crippen LogP contribution in [0.3, 0.4) is 0 Å². The molecule has 0 saturated heterocycles. The Bertz CT molecular complexity index is 829. The summed E-state index contributed by atoms with van der Waals surface area (Å²) in [5, 5.41) is 20.4. The number of nitro groups is 1. The SMILES string of the molecule is COC(=O)C1C(C)=NC(C)=C(C(=O)OCCO)C1c1ccccc1[N+](=O)[O-]. The Morgan fingerprint density at radius 3 is 2.56 bits per heavy atom. The van der Waals surface area contributed by atoms with E-state index in [0.29, 0.717) is 11.4 Å². The number of aliphatic imine (C=N–C) groups is 1. The lowest BCUT2D eigenvalue weighted by atomic mass is 9.75. The normalized spacial score (nSPS) is 19.3. The van der Waals surface area contributed by atoms with E-state index in [1.165, 1.54) is 25.3 Å². The molecule has 1 aliphatic heterocycles. The third kappa shape index (κ3) is 4.03. The molecule has 0 aromatic heterocycles. The fourth-order valence-electron chi connectivity index (χ4n) is 3.20. The Kier molecular flexibility index (Phi) is 6.40. The number of benzene rings is 1. The number of hydrogen-bond acceptors (Lipinski definition) is 8. The minimum atomic E-state index is -1.02. The van der Waals surface area contributed by atoms with Gasteiger partial charge in [0.15, 0.2) is 0 Å². The minimum Gasteiger partial charge on any atom is -0.468 e. The van der Waals surface area contributed by atoms with Crippen LogP contribution in [0.4, 0.5) is 5.69 Å². The first kappa shape index (κ1) is 20.2. The Morgan fingerprint density at radius 2 is 1.96 bits per heavy atom. The largest absolute Gasteiger partial charge is 0.468 e. The summed E-state index contributed by atoms with van der Waals surface area (Å²) < 4.78 is 9.86. The molecule has 1 aromatic carbocycles. The van der Waals surface area contributed by atoms with E-state index in [9.17, 15) is 19.7 Å². The number of rotatable bonds is 6. The summed E-state index contributed by atoms with van der Waals surface area (Å²) in [7, 11) is 1.20. The number of allylic oxidation sites excluding steroid dienone is 1. The highest BCUT2D eigenvalue weighted by atomic mass is 16.6. The van der Waals surface area contributed by atoms with Crippen molar-refractivity contribution in [3.05, 3.63) is 51.2 Å². The van der Waals surface area contributed by atoms with Gasteiger partial charge in [0.05, 0.1) is 24.2 Å². The van der Waals surface area contributed by atoms with Crippen LogP contribution in [0.25, 0.3) is 0 Å². The van der Waals surface area contributed by atoms with Crippen molar-refractivity contribution < 1.29 is 29.1 Å². The fraction of sp³-hybridized carbons (Fsp3) is 0.389. The highest BCUT2D eigenvalue weighted by molar-refractivity contribution is 6.07. The topological polar surface area (TPSA) is 128 Å². The van der Waals surface area contributed by atoms with Gasteiger partial charge in [0, 0.05) is 29.0 Å². The maximum atomic E-state index is 12.6. The zero-order chi connectivity index (χ0) is 20.1. The number of esters is 2. The number of carbonyl (C=O) groups excluding carboxylic acids is 2. The number of ether oxygens (including phenoxy) is 2. The Balaban J connectivity index is 2.71. The Morgan fingerprint density at radius 1 is 1.30 bits per heavy atom. The molecule has 0 aliphatic carbocycles. The average Bonchev–Trinajstić information content (AvgIpc) is 2.64. The lowest BCUT2D eigenvalue weighted by molar-refractivity contribution is -0.385. The minimum absolute atomic E-state index is 0.0266. The first-order valence-electron chi connectivity index (χ1n) is 8.18. The van der Waals surface area contributed by atoms with Gasteiger partial charge in [-0.3, -0.25) is 19.9 Å². The van der Waals surface area contributed by atoms with Crippen LogP contribution in [-0.2, 0) is 19.1 Å². The Hall–Kier alpha value is -3.07. The molecule has 1 aliphatic rings. The molecule has 0 amide bonds. The van der Waals surface area contributed by atoms with Crippen molar-refractivity contribution in [1.82, 2.24) is 0 Å². The molecule has 9 nitrogen and oxygen atoms in total. The van der Waals surface area contributed by atoms with Crippen LogP contribution in [0, 0.1) is 16.0 Å². The van der Waals surface area contributed by atoms with E-state index >= 15 is 0 Å². The van der Waals surface area contributed by atoms with Crippen molar-refractivity contribution >= 4 is 23.3 Å². The molecule has 1 heterocycles. The van der Waals surface area contributed by atoms with Crippen LogP contribution < -0.4 is 0 Å². The molecule has 0 radical (unpaired) electrons. The van der Waals surface area contributed by atoms with Gasteiger partial charge in [-0.15, -0.1) is 0 Å². The second-order valence-corrected chi connectivity index (χ2v) is 5.91. The molecule has 2 unspecified atom stereocenters. The molecular formula is C18H20N2O7. The molecule has 0 fully saturated rings. The van der Waals surface area contributed by atoms with E-state index < -0.39 is 28.7 Å². The number of aliphatic hydroxyl groups is 1. The molecule has 0 saturated carbocycles. The summed E-state index contributed by atoms with van der Waals surface area (Å²) in [5.41, 5.74) is 0.646. The molecule has 0 spiro atoms. The van der Waals surface area contributed by atoms with Crippen LogP contribution in [0.15, 0.2) is 40.5 Å². The van der Waals surface area contributed by atoms with Crippen molar-refractivity contribution in [3.8, 4) is 0 Å². The second-order valence-electron chi connectivity index (χ2n) is 5.91. The first-order valence-corrected chi connectivity index (χ1v) is 8.18. The molecule has 144 valence electrons. The predicted octanol–water partition coefficient (Wildman–Crippen LogP) is 1.75. The van der Waals surface area contributed by atoms with Gasteiger partial charge < -0.3 is 14.6 Å². The van der Waals surface area contributed by atoms with Gasteiger partial charge in [-0.1, -0.05) is 18.2 Å². The van der Waals surface area contributed by atoms with E-state index in [-0.39, 0.29) is 30.0 Å². The van der Waals surface area contributed by atoms with Gasteiger partial charge in [-0.2, -0.15) is 0 Å². The molecule has 2 rings (SSSR count). The molecule has 0 bridgehead atoms. The highest BCUT2D eigenvalue weighted by Crippen LogP contribution is 2.43. The first-order chi connectivity index (χ1) is 12.8. The van der Waals surface area contributed by atoms with Gasteiger partial charge in [0.2, 0.25) is 0 Å². The third-order valence-corrected chi connectivity index (χ3v) is 4.30. The average molecular weight is 376 g/mol. The molecule has 9 heteroatoms. The number of carbonyl (C=O) groups is 2. The van der Waals surface area contributed by atoms with Crippen LogP contribution in [-0.4, -0.2) is 48.0 Å². The highest BCUT2D eigenvalue weighted by Gasteiger charge is 2.44. The van der Waals surface area contributed by atoms with Crippen molar-refractivity contribution in [3.63, 3.8) is 0 Å². The maximum absolute atomic E-state index is 12.6. The summed E-state index contributed by atoms with van der Waals surface area (Å²) in [6.07, 6.45) is 0. The number of nitrogens with zero attached hydrogens (tertiary/aromatic N) is 2. The van der Waals surface area contributed by atoms with Crippen molar-refractivity contribution in [2.24, 2.45) is 10.9 Å². The van der Waals surface area contributed by atoms with Crippen LogP contribution in [0.2, 0.25) is 0 Å². The number of methoxy groups -OCH3 is 1. The zero-order valence-electron chi connectivity index (χ0n) is 15.2. The van der Waals surface area contributed by atoms with Gasteiger partial charge >= 0.3 is 11.9 Å². The van der Waals surface area contributed by atoms with Crippen LogP contribution in [0.5, 0.6) is 0 Å². The van der Waals surface area contributed by atoms with E-state index in [4.69, 9.17) is 14.6 Å². The van der Waals surface area contributed by atoms with Crippen molar-refractivity contribution in [2.75, 3.05) is 20.3 Å². The van der Waals surface area contributed by atoms with Crippen molar-refractivity contribution in [2.45, 2.75) is 19.8 Å². The summed E-state index contributed by atoms with van der Waals surface area (Å²) in [5.74, 6) is -3.48. The number of aliphatic hydroxyl groups excluding tert-OH is 1. The van der Waals surface area contributed by atoms with Gasteiger partial charge in [-0.05, 0) is 13.8 Å². The standard InChI is InChI=1S/C18H20N2O7/c1-10-14(17(22)26-3)16(12-6-4-5-7-13(12)20(24)25)15(11(2)19-10)18(23)27-9-8-21/h4-7,14,16,21H,8-9H2,1-3H3. The number of para-hydroxylation sites is 1. The van der Waals surface area contributed by atoms with E-state index in [0.717, 1.165) is 0 Å². The summed E-state index contributed by atoms with van der Waals surface area (Å²) in [6.45, 7) is 2.54. The maximum Gasteiger partial charge on any atom is 0.336 e. The quantitative estimate of drug-likeness (QED) is 0.455. The number of nitro benzene ring substituents is 1. The van der Waals surface area contributed by atoms with Gasteiger partial charge in [0.25, 0.3) is 5.69 Å². The van der Waals surface area contributed by atoms with E-state index in [1.807, 2.05) is 0 Å². The van der Waals surface area contributed by atoms with Crippen molar-refractivity contribution in [1.29, 1.82) is 0 Å². The Labute approximate surface area is 155 Å². The van der Waals surface area contributed by atoms with E-state index in [2.05, 4.69) is 4.99 Å². The fourth-order valence-corrected chi connectivity index (χ4v) is 3.20. The third-order valence-electron chi connectivity index (χ3n) is 4.30. The monoisotopic (exact) mass is 376 g/mol. The number of hydrogen-bond donors (Lipinski definition) is 1. The van der Waals surface area contributed by atoms with Gasteiger partial charge in [-0.25, -0.2) is 4.79 Å².